The third kappa shape index (κ3) is 5.50. The van der Waals surface area contributed by atoms with E-state index in [2.05, 4.69) is 0 Å². The first-order chi connectivity index (χ1) is 16.9. The van der Waals surface area contributed by atoms with Crippen LogP contribution in [-0.2, 0) is 11.4 Å². The molecular weight excluding hydrogens is 491 g/mol. The summed E-state index contributed by atoms with van der Waals surface area (Å²) in [4.78, 5) is 25.3. The molecule has 0 bridgehead atoms. The zero-order valence-electron chi connectivity index (χ0n) is 18.5. The third-order valence-corrected chi connectivity index (χ3v) is 6.30. The van der Waals surface area contributed by atoms with E-state index < -0.39 is 4.92 Å². The minimum Gasteiger partial charge on any atom is -0.490 e. The number of carbonyl (C=O) groups is 1. The van der Waals surface area contributed by atoms with E-state index in [1.165, 1.54) is 29.2 Å². The Morgan fingerprint density at radius 2 is 1.89 bits per heavy atom. The van der Waals surface area contributed by atoms with Gasteiger partial charge in [0.1, 0.15) is 12.4 Å². The second-order valence-electron chi connectivity index (χ2n) is 7.31. The molecule has 1 amide bonds. The van der Waals surface area contributed by atoms with E-state index in [1.54, 1.807) is 48.5 Å². The fourth-order valence-electron chi connectivity index (χ4n) is 3.36. The fraction of sp³-hybridized carbons (Fsp3) is 0.120. The Morgan fingerprint density at radius 1 is 1.09 bits per heavy atom. The van der Waals surface area contributed by atoms with Crippen molar-refractivity contribution in [2.45, 2.75) is 13.5 Å². The summed E-state index contributed by atoms with van der Waals surface area (Å²) in [6.45, 7) is 2.25. The zero-order valence-corrected chi connectivity index (χ0v) is 20.1. The van der Waals surface area contributed by atoms with Gasteiger partial charge in [0.05, 0.1) is 22.1 Å². The van der Waals surface area contributed by atoms with Crippen molar-refractivity contribution in [1.29, 1.82) is 0 Å². The number of benzene rings is 3. The number of anilines is 1. The van der Waals surface area contributed by atoms with Crippen LogP contribution in [0.3, 0.4) is 0 Å². The molecule has 4 rings (SSSR count). The van der Waals surface area contributed by atoms with E-state index in [0.29, 0.717) is 39.8 Å². The molecule has 0 unspecified atom stereocenters. The molecule has 3 aromatic carbocycles. The number of rotatable bonds is 8. The van der Waals surface area contributed by atoms with Gasteiger partial charge in [-0.05, 0) is 42.8 Å². The Labute approximate surface area is 210 Å². The Balaban J connectivity index is 1.57. The number of halogens is 1. The van der Waals surface area contributed by atoms with E-state index in [9.17, 15) is 19.3 Å². The molecule has 1 aliphatic heterocycles. The standard InChI is InChI=1S/C25H19FN2O5S2/c1-2-32-22-12-16(10-11-21(22)33-15-17-6-3-4-9-20(17)26)13-23-24(29)27(25(34)35-23)18-7-5-8-19(14-18)28(30)31/h3-14H,2,15H2,1H3/b23-13+. The number of ether oxygens (including phenoxy) is 2. The molecule has 0 atom stereocenters. The SMILES string of the molecule is CCOc1cc(/C=C2/SC(=S)N(c3cccc([N+](=O)[O-])c3)C2=O)ccc1OCc1ccccc1F. The second-order valence-corrected chi connectivity index (χ2v) is 8.99. The van der Waals surface area contributed by atoms with Crippen LogP contribution in [0.4, 0.5) is 15.8 Å². The topological polar surface area (TPSA) is 81.9 Å². The summed E-state index contributed by atoms with van der Waals surface area (Å²) < 4.78 is 25.7. The lowest BCUT2D eigenvalue weighted by molar-refractivity contribution is -0.384. The van der Waals surface area contributed by atoms with Gasteiger partial charge >= 0.3 is 0 Å². The Kier molecular flexibility index (Phi) is 7.42. The van der Waals surface area contributed by atoms with Gasteiger partial charge in [0.15, 0.2) is 15.8 Å². The fourth-order valence-corrected chi connectivity index (χ4v) is 4.66. The van der Waals surface area contributed by atoms with Crippen LogP contribution < -0.4 is 14.4 Å². The van der Waals surface area contributed by atoms with Crippen molar-refractivity contribution in [2.24, 2.45) is 0 Å². The van der Waals surface area contributed by atoms with Crippen LogP contribution in [0.2, 0.25) is 0 Å². The normalized spacial score (nSPS) is 14.5. The average Bonchev–Trinajstić information content (AvgIpc) is 3.12. The van der Waals surface area contributed by atoms with Crippen molar-refractivity contribution in [3.05, 3.63) is 98.7 Å². The van der Waals surface area contributed by atoms with E-state index >= 15 is 0 Å². The smallest absolute Gasteiger partial charge is 0.271 e. The number of carbonyl (C=O) groups excluding carboxylic acids is 1. The monoisotopic (exact) mass is 510 g/mol. The molecule has 1 heterocycles. The highest BCUT2D eigenvalue weighted by Gasteiger charge is 2.34. The molecular formula is C25H19FN2O5S2. The van der Waals surface area contributed by atoms with Crippen molar-refractivity contribution in [3.8, 4) is 11.5 Å². The summed E-state index contributed by atoms with van der Waals surface area (Å²) >= 11 is 6.47. The molecule has 178 valence electrons. The highest BCUT2D eigenvalue weighted by atomic mass is 32.2. The van der Waals surface area contributed by atoms with Gasteiger partial charge < -0.3 is 9.47 Å². The predicted octanol–water partition coefficient (Wildman–Crippen LogP) is 6.12. The molecule has 3 aromatic rings. The number of hydrogen-bond donors (Lipinski definition) is 0. The first-order valence-corrected chi connectivity index (χ1v) is 11.8. The van der Waals surface area contributed by atoms with Crippen LogP contribution in [0, 0.1) is 15.9 Å². The molecule has 0 radical (unpaired) electrons. The van der Waals surface area contributed by atoms with Gasteiger partial charge in [0, 0.05) is 17.7 Å². The molecule has 7 nitrogen and oxygen atoms in total. The van der Waals surface area contributed by atoms with Gasteiger partial charge in [0.25, 0.3) is 11.6 Å². The lowest BCUT2D eigenvalue weighted by atomic mass is 10.1. The molecule has 0 aromatic heterocycles. The van der Waals surface area contributed by atoms with Crippen LogP contribution >= 0.6 is 24.0 Å². The largest absolute Gasteiger partial charge is 0.490 e. The maximum Gasteiger partial charge on any atom is 0.271 e. The summed E-state index contributed by atoms with van der Waals surface area (Å²) in [5.74, 6) is 0.161. The number of thioether (sulfide) groups is 1. The van der Waals surface area contributed by atoms with Gasteiger partial charge in [0.2, 0.25) is 0 Å². The minimum atomic E-state index is -0.526. The number of thiocarbonyl (C=S) groups is 1. The van der Waals surface area contributed by atoms with Crippen molar-refractivity contribution in [2.75, 3.05) is 11.5 Å². The second kappa shape index (κ2) is 10.7. The number of non-ortho nitro benzene ring substituents is 1. The number of nitro groups is 1. The Morgan fingerprint density at radius 3 is 2.63 bits per heavy atom. The molecule has 0 aliphatic carbocycles. The first kappa shape index (κ1) is 24.4. The predicted molar refractivity (Wildman–Crippen MR) is 137 cm³/mol. The highest BCUT2D eigenvalue weighted by Crippen LogP contribution is 2.38. The van der Waals surface area contributed by atoms with Crippen LogP contribution in [0.25, 0.3) is 6.08 Å². The van der Waals surface area contributed by atoms with Crippen LogP contribution in [0.15, 0.2) is 71.6 Å². The molecule has 0 spiro atoms. The number of nitrogens with zero attached hydrogens (tertiary/aromatic N) is 2. The van der Waals surface area contributed by atoms with E-state index in [1.807, 2.05) is 6.92 Å². The lowest BCUT2D eigenvalue weighted by Gasteiger charge is -2.14. The maximum atomic E-state index is 13.9. The summed E-state index contributed by atoms with van der Waals surface area (Å²) in [7, 11) is 0. The summed E-state index contributed by atoms with van der Waals surface area (Å²) in [6, 6.07) is 17.3. The van der Waals surface area contributed by atoms with Crippen molar-refractivity contribution >= 4 is 51.7 Å². The van der Waals surface area contributed by atoms with E-state index in [-0.39, 0.29) is 28.3 Å². The van der Waals surface area contributed by atoms with Crippen LogP contribution in [0.1, 0.15) is 18.1 Å². The Bertz CT molecular complexity index is 1340. The lowest BCUT2D eigenvalue weighted by Crippen LogP contribution is -2.27. The molecule has 0 N–H and O–H groups in total. The summed E-state index contributed by atoms with van der Waals surface area (Å²) in [6.07, 6.45) is 1.67. The maximum absolute atomic E-state index is 13.9. The van der Waals surface area contributed by atoms with Gasteiger partial charge in [-0.2, -0.15) is 0 Å². The average molecular weight is 511 g/mol. The van der Waals surface area contributed by atoms with Crippen LogP contribution in [0.5, 0.6) is 11.5 Å². The molecule has 1 fully saturated rings. The van der Waals surface area contributed by atoms with Gasteiger partial charge in [-0.1, -0.05) is 54.3 Å². The highest BCUT2D eigenvalue weighted by molar-refractivity contribution is 8.27. The first-order valence-electron chi connectivity index (χ1n) is 10.5. The summed E-state index contributed by atoms with van der Waals surface area (Å²) in [5.41, 5.74) is 1.29. The number of amides is 1. The number of nitro benzene ring substituents is 1. The van der Waals surface area contributed by atoms with E-state index in [0.717, 1.165) is 11.8 Å². The van der Waals surface area contributed by atoms with Crippen molar-refractivity contribution in [3.63, 3.8) is 0 Å². The third-order valence-electron chi connectivity index (χ3n) is 5.00. The molecule has 1 saturated heterocycles. The van der Waals surface area contributed by atoms with Gasteiger partial charge in [-0.15, -0.1) is 0 Å². The Hall–Kier alpha value is -3.76. The van der Waals surface area contributed by atoms with E-state index in [4.69, 9.17) is 21.7 Å². The quantitative estimate of drug-likeness (QED) is 0.156. The van der Waals surface area contributed by atoms with Crippen molar-refractivity contribution in [1.82, 2.24) is 0 Å². The molecule has 10 heteroatoms. The molecule has 1 aliphatic rings. The van der Waals surface area contributed by atoms with Crippen LogP contribution in [-0.4, -0.2) is 21.8 Å². The van der Waals surface area contributed by atoms with Crippen molar-refractivity contribution < 1.29 is 23.6 Å². The zero-order chi connectivity index (χ0) is 24.9. The summed E-state index contributed by atoms with van der Waals surface area (Å²) in [5, 5.41) is 11.1. The van der Waals surface area contributed by atoms with Gasteiger partial charge in [-0.25, -0.2) is 4.39 Å². The molecule has 35 heavy (non-hydrogen) atoms. The molecule has 0 saturated carbocycles. The number of hydrogen-bond acceptors (Lipinski definition) is 7. The van der Waals surface area contributed by atoms with Gasteiger partial charge in [-0.3, -0.25) is 19.8 Å². The minimum absolute atomic E-state index is 0.0357.